The molecule has 2 N–H and O–H groups in total. The third-order valence-corrected chi connectivity index (χ3v) is 4.65. The summed E-state index contributed by atoms with van der Waals surface area (Å²) in [5.74, 6) is 0.152. The first-order valence-corrected chi connectivity index (χ1v) is 8.06. The first-order chi connectivity index (χ1) is 10.9. The molecule has 0 radical (unpaired) electrons. The highest BCUT2D eigenvalue weighted by Gasteiger charge is 2.21. The van der Waals surface area contributed by atoms with Crippen LogP contribution in [0.3, 0.4) is 0 Å². The minimum atomic E-state index is -0.313. The predicted octanol–water partition coefficient (Wildman–Crippen LogP) is 3.43. The third-order valence-electron chi connectivity index (χ3n) is 3.53. The van der Waals surface area contributed by atoms with Gasteiger partial charge in [0.2, 0.25) is 0 Å². The maximum atomic E-state index is 12.8. The maximum absolute atomic E-state index is 12.8. The smallest absolute Gasteiger partial charge is 0.265 e. The summed E-state index contributed by atoms with van der Waals surface area (Å²) in [5.41, 5.74) is 6.28. The lowest BCUT2D eigenvalue weighted by molar-refractivity contribution is 0.0752. The van der Waals surface area contributed by atoms with Gasteiger partial charge in [-0.25, -0.2) is 9.37 Å². The quantitative estimate of drug-likeness (QED) is 0.792. The van der Waals surface area contributed by atoms with Crippen molar-refractivity contribution in [2.75, 3.05) is 13.6 Å². The normalized spacial score (nSPS) is 11.1. The van der Waals surface area contributed by atoms with Gasteiger partial charge in [0.15, 0.2) is 0 Å². The highest BCUT2D eigenvalue weighted by Crippen LogP contribution is 2.22. The van der Waals surface area contributed by atoms with E-state index in [2.05, 4.69) is 4.98 Å². The first-order valence-electron chi connectivity index (χ1n) is 7.24. The number of ether oxygens (including phenoxy) is 1. The van der Waals surface area contributed by atoms with E-state index < -0.39 is 0 Å². The molecule has 1 aromatic heterocycles. The van der Waals surface area contributed by atoms with Crippen LogP contribution < -0.4 is 10.5 Å². The minimum Gasteiger partial charge on any atom is -0.486 e. The fourth-order valence-electron chi connectivity index (χ4n) is 1.91. The van der Waals surface area contributed by atoms with Gasteiger partial charge in [-0.1, -0.05) is 0 Å². The first kappa shape index (κ1) is 23.6. The number of likely N-dealkylation sites (N-methyl/N-ethyl adjacent to an activating group) is 1. The average Bonchev–Trinajstić information content (AvgIpc) is 2.93. The number of carbonyl (C=O) groups is 1. The molecule has 0 aliphatic carbocycles. The molecule has 0 aliphatic rings. The van der Waals surface area contributed by atoms with Crippen LogP contribution in [0.4, 0.5) is 4.39 Å². The molecule has 1 aromatic carbocycles. The average molecular weight is 410 g/mol. The summed E-state index contributed by atoms with van der Waals surface area (Å²) in [6.07, 6.45) is 0. The zero-order valence-electron chi connectivity index (χ0n) is 14.2. The highest BCUT2D eigenvalue weighted by atomic mass is 35.5. The second kappa shape index (κ2) is 10.6. The molecule has 0 fully saturated rings. The van der Waals surface area contributed by atoms with Crippen LogP contribution in [0.25, 0.3) is 0 Å². The molecular formula is C16H22Cl2FN3O2S. The topological polar surface area (TPSA) is 68.5 Å². The Kier molecular flexibility index (Phi) is 9.96. The molecule has 1 atom stereocenters. The Labute approximate surface area is 163 Å². The number of aromatic nitrogens is 1. The number of thiazole rings is 1. The van der Waals surface area contributed by atoms with Crippen molar-refractivity contribution in [1.82, 2.24) is 9.88 Å². The van der Waals surface area contributed by atoms with Gasteiger partial charge in [-0.2, -0.15) is 0 Å². The van der Waals surface area contributed by atoms with Crippen LogP contribution in [0.5, 0.6) is 5.75 Å². The lowest BCUT2D eigenvalue weighted by atomic mass is 10.2. The maximum Gasteiger partial charge on any atom is 0.265 e. The van der Waals surface area contributed by atoms with Gasteiger partial charge in [0.1, 0.15) is 28.1 Å². The van der Waals surface area contributed by atoms with Gasteiger partial charge in [0, 0.05) is 19.6 Å². The Morgan fingerprint density at radius 1 is 1.36 bits per heavy atom. The number of carbonyl (C=O) groups excluding carboxylic acids is 1. The second-order valence-corrected chi connectivity index (χ2v) is 6.35. The molecular weight excluding hydrogens is 388 g/mol. The van der Waals surface area contributed by atoms with Gasteiger partial charge in [0.05, 0.1) is 5.69 Å². The SMILES string of the molecule is Cc1nc(COc2ccc(F)cc2)sc1C(=O)N(C)C(C)CN.Cl.Cl. The predicted molar refractivity (Wildman–Crippen MR) is 103 cm³/mol. The van der Waals surface area contributed by atoms with E-state index >= 15 is 0 Å². The summed E-state index contributed by atoms with van der Waals surface area (Å²) in [7, 11) is 1.73. The Morgan fingerprint density at radius 3 is 2.52 bits per heavy atom. The van der Waals surface area contributed by atoms with Crippen LogP contribution in [-0.4, -0.2) is 35.4 Å². The van der Waals surface area contributed by atoms with Gasteiger partial charge in [-0.15, -0.1) is 36.2 Å². The lowest BCUT2D eigenvalue weighted by Gasteiger charge is -2.23. The number of amides is 1. The molecule has 5 nitrogen and oxygen atoms in total. The van der Waals surface area contributed by atoms with E-state index in [4.69, 9.17) is 10.5 Å². The standard InChI is InChI=1S/C16H20FN3O2S.2ClH/c1-10(8-18)20(3)16(21)15-11(2)19-14(23-15)9-22-13-6-4-12(17)5-7-13;;/h4-7,10H,8-9,18H2,1-3H3;2*1H. The molecule has 2 aromatic rings. The van der Waals surface area contributed by atoms with Crippen LogP contribution in [0, 0.1) is 12.7 Å². The number of nitrogens with two attached hydrogens (primary N) is 1. The summed E-state index contributed by atoms with van der Waals surface area (Å²) >= 11 is 1.30. The fraction of sp³-hybridized carbons (Fsp3) is 0.375. The van der Waals surface area contributed by atoms with E-state index in [9.17, 15) is 9.18 Å². The van der Waals surface area contributed by atoms with Crippen molar-refractivity contribution in [2.24, 2.45) is 5.73 Å². The number of hydrogen-bond acceptors (Lipinski definition) is 5. The van der Waals surface area contributed by atoms with Crippen molar-refractivity contribution in [1.29, 1.82) is 0 Å². The molecule has 0 bridgehead atoms. The summed E-state index contributed by atoms with van der Waals surface area (Å²) in [4.78, 5) is 19.0. The van der Waals surface area contributed by atoms with E-state index in [1.54, 1.807) is 31.0 Å². The monoisotopic (exact) mass is 409 g/mol. The molecule has 25 heavy (non-hydrogen) atoms. The molecule has 1 amide bonds. The van der Waals surface area contributed by atoms with Crippen molar-refractivity contribution in [2.45, 2.75) is 26.5 Å². The number of hydrogen-bond donors (Lipinski definition) is 1. The fourth-order valence-corrected chi connectivity index (χ4v) is 2.87. The number of halogens is 3. The number of nitrogens with zero attached hydrogens (tertiary/aromatic N) is 2. The Bertz CT molecular complexity index is 683. The number of aryl methyl sites for hydroxylation is 1. The molecule has 9 heteroatoms. The second-order valence-electron chi connectivity index (χ2n) is 5.27. The summed E-state index contributed by atoms with van der Waals surface area (Å²) in [6, 6.07) is 5.74. The minimum absolute atomic E-state index is 0. The molecule has 1 heterocycles. The van der Waals surface area contributed by atoms with Crippen LogP contribution in [0.1, 0.15) is 27.3 Å². The molecule has 140 valence electrons. The summed E-state index contributed by atoms with van der Waals surface area (Å²) < 4.78 is 18.4. The lowest BCUT2D eigenvalue weighted by Crippen LogP contribution is -2.39. The van der Waals surface area contributed by atoms with Crippen LogP contribution >= 0.6 is 36.2 Å². The van der Waals surface area contributed by atoms with E-state index in [0.717, 1.165) is 0 Å². The van der Waals surface area contributed by atoms with Crippen LogP contribution in [0.2, 0.25) is 0 Å². The molecule has 0 saturated heterocycles. The van der Waals surface area contributed by atoms with Crippen molar-refractivity contribution in [3.63, 3.8) is 0 Å². The molecule has 0 aliphatic heterocycles. The van der Waals surface area contributed by atoms with E-state index in [1.165, 1.54) is 23.5 Å². The van der Waals surface area contributed by atoms with E-state index in [1.807, 2.05) is 6.92 Å². The van der Waals surface area contributed by atoms with Gasteiger partial charge >= 0.3 is 0 Å². The van der Waals surface area contributed by atoms with Gasteiger partial charge in [-0.3, -0.25) is 4.79 Å². The van der Waals surface area contributed by atoms with Gasteiger partial charge in [0.25, 0.3) is 5.91 Å². The van der Waals surface area contributed by atoms with Gasteiger partial charge in [-0.05, 0) is 38.1 Å². The van der Waals surface area contributed by atoms with Crippen molar-refractivity contribution in [3.8, 4) is 5.75 Å². The number of rotatable bonds is 6. The van der Waals surface area contributed by atoms with Crippen molar-refractivity contribution in [3.05, 3.63) is 45.7 Å². The molecule has 0 spiro atoms. The highest BCUT2D eigenvalue weighted by molar-refractivity contribution is 7.13. The van der Waals surface area contributed by atoms with Crippen molar-refractivity contribution >= 4 is 42.1 Å². The molecule has 1 unspecified atom stereocenters. The Morgan fingerprint density at radius 2 is 1.96 bits per heavy atom. The Balaban J connectivity index is 0.00000288. The summed E-state index contributed by atoms with van der Waals surface area (Å²) in [6.45, 7) is 4.33. The number of benzene rings is 1. The zero-order valence-corrected chi connectivity index (χ0v) is 16.6. The van der Waals surface area contributed by atoms with Gasteiger partial charge < -0.3 is 15.4 Å². The van der Waals surface area contributed by atoms with Crippen LogP contribution in [-0.2, 0) is 6.61 Å². The van der Waals surface area contributed by atoms with Crippen molar-refractivity contribution < 1.29 is 13.9 Å². The zero-order chi connectivity index (χ0) is 17.0. The summed E-state index contributed by atoms with van der Waals surface area (Å²) in [5, 5.41) is 0.698. The largest absolute Gasteiger partial charge is 0.486 e. The molecule has 0 saturated carbocycles. The van der Waals surface area contributed by atoms with E-state index in [-0.39, 0.29) is 49.2 Å². The molecule has 2 rings (SSSR count). The third kappa shape index (κ3) is 6.11. The van der Waals surface area contributed by atoms with E-state index in [0.29, 0.717) is 27.9 Å². The Hall–Kier alpha value is -1.41. The van der Waals surface area contributed by atoms with Crippen LogP contribution in [0.15, 0.2) is 24.3 Å².